The van der Waals surface area contributed by atoms with Crippen LogP contribution in [0.1, 0.15) is 25.0 Å². The first kappa shape index (κ1) is 14.4. The average molecular weight is 262 g/mol. The molecule has 19 heavy (non-hydrogen) atoms. The van der Waals surface area contributed by atoms with E-state index >= 15 is 0 Å². The van der Waals surface area contributed by atoms with E-state index in [0.29, 0.717) is 0 Å². The highest BCUT2D eigenvalue weighted by atomic mass is 16.5. The van der Waals surface area contributed by atoms with Crippen molar-refractivity contribution in [3.05, 3.63) is 29.3 Å². The van der Waals surface area contributed by atoms with Crippen LogP contribution in [0, 0.1) is 5.41 Å². The first-order valence-electron chi connectivity index (χ1n) is 7.13. The van der Waals surface area contributed by atoms with Crippen molar-refractivity contribution < 1.29 is 4.74 Å². The zero-order valence-electron chi connectivity index (χ0n) is 12.4. The van der Waals surface area contributed by atoms with Crippen molar-refractivity contribution in [2.24, 2.45) is 11.1 Å². The molecule has 0 atom stereocenters. The minimum atomic E-state index is 0.195. The molecule has 0 fully saturated rings. The van der Waals surface area contributed by atoms with E-state index in [0.717, 1.165) is 44.8 Å². The largest absolute Gasteiger partial charge is 0.493 e. The van der Waals surface area contributed by atoms with Crippen molar-refractivity contribution in [3.63, 3.8) is 0 Å². The molecule has 1 aliphatic rings. The predicted molar refractivity (Wildman–Crippen MR) is 79.7 cm³/mol. The van der Waals surface area contributed by atoms with Gasteiger partial charge in [-0.25, -0.2) is 0 Å². The maximum atomic E-state index is 5.78. The van der Waals surface area contributed by atoms with Crippen LogP contribution in [0.5, 0.6) is 5.75 Å². The van der Waals surface area contributed by atoms with E-state index < -0.39 is 0 Å². The van der Waals surface area contributed by atoms with Crippen LogP contribution in [-0.2, 0) is 12.8 Å². The molecule has 3 nitrogen and oxygen atoms in total. The molecule has 1 heterocycles. The van der Waals surface area contributed by atoms with Crippen LogP contribution in [0.15, 0.2) is 18.2 Å². The van der Waals surface area contributed by atoms with Crippen molar-refractivity contribution in [1.82, 2.24) is 4.90 Å². The number of ether oxygens (including phenoxy) is 1. The summed E-state index contributed by atoms with van der Waals surface area (Å²) in [6, 6.07) is 6.60. The van der Waals surface area contributed by atoms with Crippen molar-refractivity contribution in [3.8, 4) is 5.75 Å². The number of hydrogen-bond donors (Lipinski definition) is 1. The van der Waals surface area contributed by atoms with Gasteiger partial charge in [0.25, 0.3) is 0 Å². The molecule has 0 amide bonds. The first-order valence-corrected chi connectivity index (χ1v) is 7.13. The highest BCUT2D eigenvalue weighted by molar-refractivity contribution is 5.39. The summed E-state index contributed by atoms with van der Waals surface area (Å²) in [4.78, 5) is 2.37. The summed E-state index contributed by atoms with van der Waals surface area (Å²) < 4.78 is 5.54. The molecule has 106 valence electrons. The van der Waals surface area contributed by atoms with E-state index in [-0.39, 0.29) is 5.41 Å². The fourth-order valence-corrected chi connectivity index (χ4v) is 2.59. The van der Waals surface area contributed by atoms with E-state index in [9.17, 15) is 0 Å². The van der Waals surface area contributed by atoms with E-state index in [1.54, 1.807) is 0 Å². The molecule has 2 N–H and O–H groups in total. The molecule has 0 aliphatic carbocycles. The van der Waals surface area contributed by atoms with Gasteiger partial charge in [-0.1, -0.05) is 26.0 Å². The Hall–Kier alpha value is -1.06. The molecule has 1 aromatic rings. The van der Waals surface area contributed by atoms with E-state index in [4.69, 9.17) is 10.5 Å². The standard InChI is InChI=1S/C16H26N2O/c1-16(2,11-17)12-18(3)8-6-13-4-5-15-14(10-13)7-9-19-15/h4-5,10H,6-9,11-12,17H2,1-3H3. The third-order valence-corrected chi connectivity index (χ3v) is 3.79. The van der Waals surface area contributed by atoms with Crippen molar-refractivity contribution in [2.75, 3.05) is 33.3 Å². The lowest BCUT2D eigenvalue weighted by molar-refractivity contribution is 0.218. The SMILES string of the molecule is CN(CCc1ccc2c(c1)CCO2)CC(C)(C)CN. The van der Waals surface area contributed by atoms with Gasteiger partial charge in [-0.2, -0.15) is 0 Å². The lowest BCUT2D eigenvalue weighted by Crippen LogP contribution is -2.37. The Labute approximate surface area is 116 Å². The fraction of sp³-hybridized carbons (Fsp3) is 0.625. The molecule has 0 saturated heterocycles. The van der Waals surface area contributed by atoms with Gasteiger partial charge in [-0.3, -0.25) is 0 Å². The maximum Gasteiger partial charge on any atom is 0.122 e. The van der Waals surface area contributed by atoms with Gasteiger partial charge in [-0.05, 0) is 42.6 Å². The second kappa shape index (κ2) is 5.93. The minimum Gasteiger partial charge on any atom is -0.493 e. The molecular weight excluding hydrogens is 236 g/mol. The number of benzene rings is 1. The Morgan fingerprint density at radius 3 is 2.89 bits per heavy atom. The Morgan fingerprint density at radius 1 is 1.37 bits per heavy atom. The van der Waals surface area contributed by atoms with Crippen LogP contribution >= 0.6 is 0 Å². The third-order valence-electron chi connectivity index (χ3n) is 3.79. The number of nitrogens with two attached hydrogens (primary N) is 1. The topological polar surface area (TPSA) is 38.5 Å². The molecule has 0 unspecified atom stereocenters. The summed E-state index contributed by atoms with van der Waals surface area (Å²) in [6.45, 7) is 8.12. The smallest absolute Gasteiger partial charge is 0.122 e. The van der Waals surface area contributed by atoms with Gasteiger partial charge in [0.2, 0.25) is 0 Å². The zero-order valence-corrected chi connectivity index (χ0v) is 12.4. The van der Waals surface area contributed by atoms with E-state index in [1.807, 2.05) is 0 Å². The zero-order chi connectivity index (χ0) is 13.9. The summed E-state index contributed by atoms with van der Waals surface area (Å²) >= 11 is 0. The third kappa shape index (κ3) is 3.95. The Bertz CT molecular complexity index is 429. The fourth-order valence-electron chi connectivity index (χ4n) is 2.59. The van der Waals surface area contributed by atoms with Crippen LogP contribution in [0.25, 0.3) is 0 Å². The summed E-state index contributed by atoms with van der Waals surface area (Å²) in [5.74, 6) is 1.07. The quantitative estimate of drug-likeness (QED) is 0.853. The van der Waals surface area contributed by atoms with Gasteiger partial charge in [-0.15, -0.1) is 0 Å². The molecule has 0 radical (unpaired) electrons. The Kier molecular flexibility index (Phi) is 4.48. The van der Waals surface area contributed by atoms with Crippen molar-refractivity contribution >= 4 is 0 Å². The average Bonchev–Trinajstić information content (AvgIpc) is 2.83. The lowest BCUT2D eigenvalue weighted by atomic mass is 9.93. The van der Waals surface area contributed by atoms with Crippen LogP contribution < -0.4 is 10.5 Å². The van der Waals surface area contributed by atoms with Crippen LogP contribution in [0.4, 0.5) is 0 Å². The number of fused-ring (bicyclic) bond motifs is 1. The Morgan fingerprint density at radius 2 is 2.16 bits per heavy atom. The molecular formula is C16H26N2O. The minimum absolute atomic E-state index is 0.195. The highest BCUT2D eigenvalue weighted by Gasteiger charge is 2.18. The second-order valence-electron chi connectivity index (χ2n) is 6.40. The van der Waals surface area contributed by atoms with Gasteiger partial charge in [0.15, 0.2) is 0 Å². The maximum absolute atomic E-state index is 5.78. The predicted octanol–water partition coefficient (Wildman–Crippen LogP) is 2.08. The summed E-state index contributed by atoms with van der Waals surface area (Å²) in [7, 11) is 2.17. The van der Waals surface area contributed by atoms with Gasteiger partial charge in [0.05, 0.1) is 6.61 Å². The highest BCUT2D eigenvalue weighted by Crippen LogP contribution is 2.26. The molecule has 2 rings (SSSR count). The van der Waals surface area contributed by atoms with Gasteiger partial charge in [0, 0.05) is 19.5 Å². The summed E-state index contributed by atoms with van der Waals surface area (Å²) in [5, 5.41) is 0. The molecule has 1 aliphatic heterocycles. The molecule has 0 saturated carbocycles. The van der Waals surface area contributed by atoms with Crippen molar-refractivity contribution in [1.29, 1.82) is 0 Å². The molecule has 0 aromatic heterocycles. The monoisotopic (exact) mass is 262 g/mol. The normalized spacial score (nSPS) is 14.6. The van der Waals surface area contributed by atoms with Gasteiger partial charge >= 0.3 is 0 Å². The van der Waals surface area contributed by atoms with E-state index in [2.05, 4.69) is 44.0 Å². The van der Waals surface area contributed by atoms with Crippen LogP contribution in [0.3, 0.4) is 0 Å². The van der Waals surface area contributed by atoms with Crippen molar-refractivity contribution in [2.45, 2.75) is 26.7 Å². The molecule has 0 spiro atoms. The van der Waals surface area contributed by atoms with Crippen LogP contribution in [0.2, 0.25) is 0 Å². The summed E-state index contributed by atoms with van der Waals surface area (Å²) in [6.07, 6.45) is 2.14. The number of nitrogens with zero attached hydrogens (tertiary/aromatic N) is 1. The Balaban J connectivity index is 1.85. The van der Waals surface area contributed by atoms with Gasteiger partial charge in [0.1, 0.15) is 5.75 Å². The molecule has 1 aromatic carbocycles. The summed E-state index contributed by atoms with van der Waals surface area (Å²) in [5.41, 5.74) is 8.75. The molecule has 3 heteroatoms. The van der Waals surface area contributed by atoms with Gasteiger partial charge < -0.3 is 15.4 Å². The number of likely N-dealkylation sites (N-methyl/N-ethyl adjacent to an activating group) is 1. The second-order valence-corrected chi connectivity index (χ2v) is 6.40. The lowest BCUT2D eigenvalue weighted by Gasteiger charge is -2.29. The van der Waals surface area contributed by atoms with E-state index in [1.165, 1.54) is 11.1 Å². The first-order chi connectivity index (χ1) is 9.00. The number of rotatable bonds is 6. The number of hydrogen-bond acceptors (Lipinski definition) is 3. The molecule has 0 bridgehead atoms. The van der Waals surface area contributed by atoms with Crippen LogP contribution in [-0.4, -0.2) is 38.2 Å².